The van der Waals surface area contributed by atoms with Crippen molar-refractivity contribution >= 4 is 34.9 Å². The molecular formula is C18H19N5O2S. The Morgan fingerprint density at radius 3 is 2.50 bits per heavy atom. The van der Waals surface area contributed by atoms with Gasteiger partial charge < -0.3 is 5.32 Å². The summed E-state index contributed by atoms with van der Waals surface area (Å²) in [7, 11) is 0. The van der Waals surface area contributed by atoms with Gasteiger partial charge in [-0.1, -0.05) is 11.8 Å². The van der Waals surface area contributed by atoms with Crippen LogP contribution < -0.4 is 5.32 Å². The van der Waals surface area contributed by atoms with Gasteiger partial charge in [-0.2, -0.15) is 4.98 Å². The van der Waals surface area contributed by atoms with Gasteiger partial charge in [0.1, 0.15) is 0 Å². The van der Waals surface area contributed by atoms with Crippen LogP contribution >= 0.6 is 11.8 Å². The Balaban J connectivity index is 1.69. The summed E-state index contributed by atoms with van der Waals surface area (Å²) in [6.07, 6.45) is 0. The van der Waals surface area contributed by atoms with Crippen molar-refractivity contribution in [2.75, 3.05) is 5.32 Å². The molecule has 0 saturated heterocycles. The average molecular weight is 369 g/mol. The molecule has 1 N–H and O–H groups in total. The molecule has 0 fully saturated rings. The molecule has 8 heteroatoms. The number of Topliss-reactive ketones (excluding diaryl/α,β-unsaturated/α-hetero) is 1. The van der Waals surface area contributed by atoms with Gasteiger partial charge in [0.05, 0.1) is 5.25 Å². The minimum absolute atomic E-state index is 0.0103. The van der Waals surface area contributed by atoms with Crippen molar-refractivity contribution in [1.29, 1.82) is 0 Å². The molecule has 134 valence electrons. The minimum atomic E-state index is -0.388. The monoisotopic (exact) mass is 369 g/mol. The number of hydrogen-bond donors (Lipinski definition) is 1. The molecule has 0 bridgehead atoms. The van der Waals surface area contributed by atoms with E-state index in [9.17, 15) is 9.59 Å². The van der Waals surface area contributed by atoms with Gasteiger partial charge in [0.15, 0.2) is 5.78 Å². The van der Waals surface area contributed by atoms with E-state index in [-0.39, 0.29) is 16.9 Å². The zero-order valence-electron chi connectivity index (χ0n) is 15.0. The van der Waals surface area contributed by atoms with Crippen molar-refractivity contribution in [3.63, 3.8) is 0 Å². The molecule has 0 saturated carbocycles. The third-order valence-corrected chi connectivity index (χ3v) is 4.76. The fourth-order valence-electron chi connectivity index (χ4n) is 2.44. The van der Waals surface area contributed by atoms with E-state index in [4.69, 9.17) is 0 Å². The first kappa shape index (κ1) is 18.1. The average Bonchev–Trinajstić information content (AvgIpc) is 2.97. The zero-order chi connectivity index (χ0) is 18.8. The Bertz CT molecular complexity index is 981. The molecule has 26 heavy (non-hydrogen) atoms. The third-order valence-electron chi connectivity index (χ3n) is 3.81. The molecule has 7 nitrogen and oxygen atoms in total. The molecule has 0 aliphatic rings. The van der Waals surface area contributed by atoms with Crippen molar-refractivity contribution in [2.24, 2.45) is 0 Å². The predicted molar refractivity (Wildman–Crippen MR) is 101 cm³/mol. The second kappa shape index (κ2) is 7.25. The highest BCUT2D eigenvalue weighted by Crippen LogP contribution is 2.22. The minimum Gasteiger partial charge on any atom is -0.325 e. The normalized spacial score (nSPS) is 12.2. The lowest BCUT2D eigenvalue weighted by Gasteiger charge is -2.10. The topological polar surface area (TPSA) is 89.2 Å². The van der Waals surface area contributed by atoms with E-state index in [1.165, 1.54) is 18.7 Å². The lowest BCUT2D eigenvalue weighted by molar-refractivity contribution is -0.115. The van der Waals surface area contributed by atoms with Gasteiger partial charge in [-0.3, -0.25) is 9.59 Å². The molecule has 0 spiro atoms. The number of amides is 1. The Morgan fingerprint density at radius 1 is 1.15 bits per heavy atom. The standard InChI is InChI=1S/C18H19N5O2S/c1-10-9-11(2)23-17(19-10)21-18(22-23)26-13(4)16(25)20-15-7-5-14(6-8-15)12(3)24/h5-9,13H,1-4H3,(H,20,25)/t13-/m0/s1. The maximum absolute atomic E-state index is 12.4. The molecule has 3 rings (SSSR count). The number of aromatic nitrogens is 4. The highest BCUT2D eigenvalue weighted by atomic mass is 32.2. The molecule has 0 aliphatic heterocycles. The number of nitrogens with one attached hydrogen (secondary N) is 1. The second-order valence-corrected chi connectivity index (χ2v) is 7.34. The van der Waals surface area contributed by atoms with Crippen LogP contribution in [0, 0.1) is 13.8 Å². The summed E-state index contributed by atoms with van der Waals surface area (Å²) in [5.41, 5.74) is 3.06. The molecule has 2 heterocycles. The number of carbonyl (C=O) groups is 2. The van der Waals surface area contributed by atoms with Gasteiger partial charge in [0.25, 0.3) is 5.78 Å². The number of hydrogen-bond acceptors (Lipinski definition) is 6. The van der Waals surface area contributed by atoms with Gasteiger partial charge in [-0.05, 0) is 58.0 Å². The SMILES string of the molecule is CC(=O)c1ccc(NC(=O)[C@H](C)Sc2nc3nc(C)cc(C)n3n2)cc1. The first-order valence-electron chi connectivity index (χ1n) is 8.13. The van der Waals surface area contributed by atoms with E-state index in [1.54, 1.807) is 35.7 Å². The molecule has 1 amide bonds. The van der Waals surface area contributed by atoms with E-state index in [0.29, 0.717) is 22.2 Å². The summed E-state index contributed by atoms with van der Waals surface area (Å²) in [5, 5.41) is 7.35. The highest BCUT2D eigenvalue weighted by Gasteiger charge is 2.18. The molecule has 0 unspecified atom stereocenters. The zero-order valence-corrected chi connectivity index (χ0v) is 15.8. The Labute approximate surface area is 155 Å². The molecule has 1 atom stereocenters. The maximum Gasteiger partial charge on any atom is 0.253 e. The quantitative estimate of drug-likeness (QED) is 0.549. The largest absolute Gasteiger partial charge is 0.325 e. The van der Waals surface area contributed by atoms with Crippen LogP contribution in [0.1, 0.15) is 35.6 Å². The van der Waals surface area contributed by atoms with Crippen molar-refractivity contribution in [3.05, 3.63) is 47.3 Å². The summed E-state index contributed by atoms with van der Waals surface area (Å²) in [5.74, 6) is 0.353. The molecule has 0 aliphatic carbocycles. The predicted octanol–water partition coefficient (Wildman–Crippen LogP) is 3.06. The van der Waals surface area contributed by atoms with Gasteiger partial charge in [0.2, 0.25) is 11.1 Å². The van der Waals surface area contributed by atoms with Crippen LogP contribution in [0.2, 0.25) is 0 Å². The smallest absolute Gasteiger partial charge is 0.253 e. The summed E-state index contributed by atoms with van der Waals surface area (Å²) >= 11 is 1.27. The summed E-state index contributed by atoms with van der Waals surface area (Å²) in [6, 6.07) is 8.74. The van der Waals surface area contributed by atoms with Crippen LogP contribution in [-0.2, 0) is 4.79 Å². The van der Waals surface area contributed by atoms with E-state index >= 15 is 0 Å². The lowest BCUT2D eigenvalue weighted by atomic mass is 10.1. The van der Waals surface area contributed by atoms with E-state index in [0.717, 1.165) is 11.4 Å². The Kier molecular flexibility index (Phi) is 5.03. The van der Waals surface area contributed by atoms with Crippen LogP contribution in [-0.4, -0.2) is 36.5 Å². The van der Waals surface area contributed by atoms with E-state index in [2.05, 4.69) is 20.4 Å². The number of rotatable bonds is 5. The van der Waals surface area contributed by atoms with Crippen LogP contribution in [0.5, 0.6) is 0 Å². The number of thioether (sulfide) groups is 1. The first-order chi connectivity index (χ1) is 12.3. The van der Waals surface area contributed by atoms with Crippen LogP contribution in [0.15, 0.2) is 35.5 Å². The number of carbonyl (C=O) groups excluding carboxylic acids is 2. The number of ketones is 1. The number of anilines is 1. The fraction of sp³-hybridized carbons (Fsp3) is 0.278. The van der Waals surface area contributed by atoms with E-state index in [1.807, 2.05) is 19.9 Å². The molecule has 3 aromatic rings. The van der Waals surface area contributed by atoms with Crippen LogP contribution in [0.25, 0.3) is 5.78 Å². The molecule has 0 radical (unpaired) electrons. The molecule has 2 aromatic heterocycles. The Hall–Kier alpha value is -2.74. The molecular weight excluding hydrogens is 350 g/mol. The van der Waals surface area contributed by atoms with Crippen molar-refractivity contribution < 1.29 is 9.59 Å². The van der Waals surface area contributed by atoms with E-state index < -0.39 is 0 Å². The second-order valence-electron chi connectivity index (χ2n) is 6.03. The van der Waals surface area contributed by atoms with Crippen molar-refractivity contribution in [3.8, 4) is 0 Å². The van der Waals surface area contributed by atoms with Crippen molar-refractivity contribution in [1.82, 2.24) is 19.6 Å². The number of aryl methyl sites for hydroxylation is 2. The fourth-order valence-corrected chi connectivity index (χ4v) is 3.19. The molecule has 1 aromatic carbocycles. The lowest BCUT2D eigenvalue weighted by Crippen LogP contribution is -2.22. The van der Waals surface area contributed by atoms with Crippen LogP contribution in [0.4, 0.5) is 5.69 Å². The summed E-state index contributed by atoms with van der Waals surface area (Å²) in [6.45, 7) is 7.14. The number of benzene rings is 1. The summed E-state index contributed by atoms with van der Waals surface area (Å²) in [4.78, 5) is 32.4. The van der Waals surface area contributed by atoms with Crippen LogP contribution in [0.3, 0.4) is 0 Å². The maximum atomic E-state index is 12.4. The first-order valence-corrected chi connectivity index (χ1v) is 9.01. The van der Waals surface area contributed by atoms with Gasteiger partial charge in [-0.15, -0.1) is 5.10 Å². The van der Waals surface area contributed by atoms with Gasteiger partial charge >= 0.3 is 0 Å². The Morgan fingerprint density at radius 2 is 1.85 bits per heavy atom. The third kappa shape index (κ3) is 3.91. The highest BCUT2D eigenvalue weighted by molar-refractivity contribution is 8.00. The van der Waals surface area contributed by atoms with Gasteiger partial charge in [-0.25, -0.2) is 9.50 Å². The van der Waals surface area contributed by atoms with Crippen molar-refractivity contribution in [2.45, 2.75) is 38.1 Å². The number of fused-ring (bicyclic) bond motifs is 1. The van der Waals surface area contributed by atoms with Gasteiger partial charge in [0, 0.05) is 22.6 Å². The summed E-state index contributed by atoms with van der Waals surface area (Å²) < 4.78 is 1.67. The number of nitrogens with zero attached hydrogens (tertiary/aromatic N) is 4.